The highest BCUT2D eigenvalue weighted by atomic mass is 16.5. The van der Waals surface area contributed by atoms with Crippen molar-refractivity contribution < 1.29 is 19.4 Å². The van der Waals surface area contributed by atoms with E-state index in [-0.39, 0.29) is 18.9 Å². The molecule has 0 fully saturated rings. The molecule has 1 unspecified atom stereocenters. The molecule has 2 heterocycles. The summed E-state index contributed by atoms with van der Waals surface area (Å²) in [5, 5.41) is 14.2. The maximum Gasteiger partial charge on any atom is 0.407 e. The van der Waals surface area contributed by atoms with Crippen molar-refractivity contribution in [2.24, 2.45) is 0 Å². The van der Waals surface area contributed by atoms with Gasteiger partial charge in [0.15, 0.2) is 0 Å². The molecule has 1 aliphatic rings. The summed E-state index contributed by atoms with van der Waals surface area (Å²) in [5.74, 6) is -1.27. The van der Waals surface area contributed by atoms with E-state index in [2.05, 4.69) is 27.4 Å². The van der Waals surface area contributed by atoms with Crippen molar-refractivity contribution >= 4 is 33.9 Å². The standard InChI is InChI=1S/C30H23N3O4/c34-29(35)26(16-20-14-13-19-12-11-18-6-5-15-31-27(18)28(19)32-20)33-30(36)37-17-25-23-9-3-1-7-21(23)22-8-2-4-10-24(22)25/h1-15,25-26H,16-17H2,(H,33,36)(H,34,35). The largest absolute Gasteiger partial charge is 0.480 e. The minimum atomic E-state index is -1.19. The van der Waals surface area contributed by atoms with Crippen LogP contribution in [0.1, 0.15) is 22.7 Å². The second-order valence-electron chi connectivity index (χ2n) is 9.08. The molecule has 3 aromatic carbocycles. The van der Waals surface area contributed by atoms with Crippen LogP contribution in [0.15, 0.2) is 91.1 Å². The number of alkyl carbamates (subject to hydrolysis) is 1. The molecule has 0 saturated carbocycles. The summed E-state index contributed by atoms with van der Waals surface area (Å²) in [7, 11) is 0. The van der Waals surface area contributed by atoms with Gasteiger partial charge in [0.25, 0.3) is 0 Å². The number of benzene rings is 3. The summed E-state index contributed by atoms with van der Waals surface area (Å²) in [6, 6.07) is 26.3. The number of nitrogens with one attached hydrogen (secondary N) is 1. The highest BCUT2D eigenvalue weighted by Gasteiger charge is 2.30. The van der Waals surface area contributed by atoms with Gasteiger partial charge in [-0.05, 0) is 34.4 Å². The van der Waals surface area contributed by atoms with Crippen LogP contribution in [-0.4, -0.2) is 39.8 Å². The number of carbonyl (C=O) groups excluding carboxylic acids is 1. The molecule has 0 spiro atoms. The summed E-state index contributed by atoms with van der Waals surface area (Å²) < 4.78 is 5.54. The lowest BCUT2D eigenvalue weighted by molar-refractivity contribution is -0.139. The van der Waals surface area contributed by atoms with E-state index in [1.54, 1.807) is 12.3 Å². The van der Waals surface area contributed by atoms with Crippen LogP contribution in [0.5, 0.6) is 0 Å². The van der Waals surface area contributed by atoms with E-state index in [1.807, 2.05) is 66.7 Å². The van der Waals surface area contributed by atoms with Crippen molar-refractivity contribution in [3.05, 3.63) is 108 Å². The predicted molar refractivity (Wildman–Crippen MR) is 140 cm³/mol. The molecular formula is C30H23N3O4. The summed E-state index contributed by atoms with van der Waals surface area (Å²) in [5.41, 5.74) is 6.41. The average Bonchev–Trinajstić information content (AvgIpc) is 3.25. The van der Waals surface area contributed by atoms with Gasteiger partial charge in [0, 0.05) is 35.0 Å². The Bertz CT molecular complexity index is 1620. The third-order valence-electron chi connectivity index (χ3n) is 6.84. The van der Waals surface area contributed by atoms with E-state index in [9.17, 15) is 14.7 Å². The molecule has 7 nitrogen and oxygen atoms in total. The fraction of sp³-hybridized carbons (Fsp3) is 0.133. The number of hydrogen-bond acceptors (Lipinski definition) is 5. The first kappa shape index (κ1) is 22.7. The first-order valence-electron chi connectivity index (χ1n) is 12.1. The highest BCUT2D eigenvalue weighted by Crippen LogP contribution is 2.44. The maximum absolute atomic E-state index is 12.7. The van der Waals surface area contributed by atoms with Crippen LogP contribution in [-0.2, 0) is 16.0 Å². The smallest absolute Gasteiger partial charge is 0.407 e. The number of pyridine rings is 2. The van der Waals surface area contributed by atoms with Crippen LogP contribution >= 0.6 is 0 Å². The second-order valence-corrected chi connectivity index (χ2v) is 9.08. The van der Waals surface area contributed by atoms with Crippen LogP contribution in [0.25, 0.3) is 32.9 Å². The Balaban J connectivity index is 1.18. The van der Waals surface area contributed by atoms with Gasteiger partial charge in [0.1, 0.15) is 12.6 Å². The quantitative estimate of drug-likeness (QED) is 0.313. The van der Waals surface area contributed by atoms with Gasteiger partial charge in [0.2, 0.25) is 0 Å². The molecule has 37 heavy (non-hydrogen) atoms. The Hall–Kier alpha value is -4.78. The van der Waals surface area contributed by atoms with Crippen LogP contribution in [0, 0.1) is 0 Å². The van der Waals surface area contributed by atoms with Crippen LogP contribution in [0.2, 0.25) is 0 Å². The molecule has 182 valence electrons. The zero-order valence-corrected chi connectivity index (χ0v) is 19.8. The van der Waals surface area contributed by atoms with Gasteiger partial charge >= 0.3 is 12.1 Å². The number of rotatable bonds is 6. The Morgan fingerprint density at radius 1 is 0.838 bits per heavy atom. The number of carbonyl (C=O) groups is 2. The first-order valence-corrected chi connectivity index (χ1v) is 12.1. The van der Waals surface area contributed by atoms with Crippen LogP contribution in [0.4, 0.5) is 4.79 Å². The van der Waals surface area contributed by atoms with E-state index in [1.165, 1.54) is 0 Å². The van der Waals surface area contributed by atoms with Crippen molar-refractivity contribution in [1.82, 2.24) is 15.3 Å². The summed E-state index contributed by atoms with van der Waals surface area (Å²) >= 11 is 0. The lowest BCUT2D eigenvalue weighted by Crippen LogP contribution is -2.43. The van der Waals surface area contributed by atoms with Gasteiger partial charge in [-0.3, -0.25) is 9.97 Å². The Kier molecular flexibility index (Phi) is 5.73. The number of nitrogens with zero attached hydrogens (tertiary/aromatic N) is 2. The molecule has 1 atom stereocenters. The van der Waals surface area contributed by atoms with Crippen molar-refractivity contribution in [3.8, 4) is 11.1 Å². The van der Waals surface area contributed by atoms with Gasteiger partial charge in [0.05, 0.1) is 11.0 Å². The Labute approximate surface area is 212 Å². The van der Waals surface area contributed by atoms with Gasteiger partial charge in [-0.15, -0.1) is 0 Å². The van der Waals surface area contributed by atoms with E-state index in [0.29, 0.717) is 11.2 Å². The monoisotopic (exact) mass is 489 g/mol. The van der Waals surface area contributed by atoms with Gasteiger partial charge in [-0.2, -0.15) is 0 Å². The van der Waals surface area contributed by atoms with Crippen molar-refractivity contribution in [2.75, 3.05) is 6.61 Å². The summed E-state index contributed by atoms with van der Waals surface area (Å²) in [4.78, 5) is 33.8. The van der Waals surface area contributed by atoms with Gasteiger partial charge < -0.3 is 15.2 Å². The normalized spacial score (nSPS) is 13.2. The predicted octanol–water partition coefficient (Wildman–Crippen LogP) is 5.32. The minimum Gasteiger partial charge on any atom is -0.480 e. The minimum absolute atomic E-state index is 0.0126. The molecule has 0 radical (unpaired) electrons. The molecule has 2 aromatic heterocycles. The van der Waals surface area contributed by atoms with Gasteiger partial charge in [-0.25, -0.2) is 9.59 Å². The van der Waals surface area contributed by atoms with Crippen molar-refractivity contribution in [2.45, 2.75) is 18.4 Å². The zero-order valence-electron chi connectivity index (χ0n) is 19.8. The molecule has 7 heteroatoms. The number of amides is 1. The number of aliphatic carboxylic acids is 1. The molecule has 2 N–H and O–H groups in total. The molecule has 0 bridgehead atoms. The fourth-order valence-electron chi connectivity index (χ4n) is 5.07. The number of carboxylic acid groups (broad SMARTS) is 1. The molecular weight excluding hydrogens is 466 g/mol. The Morgan fingerprint density at radius 3 is 2.19 bits per heavy atom. The van der Waals surface area contributed by atoms with Crippen molar-refractivity contribution in [3.63, 3.8) is 0 Å². The third-order valence-corrected chi connectivity index (χ3v) is 6.84. The van der Waals surface area contributed by atoms with E-state index in [4.69, 9.17) is 4.74 Å². The van der Waals surface area contributed by atoms with Crippen molar-refractivity contribution in [1.29, 1.82) is 0 Å². The average molecular weight is 490 g/mol. The molecule has 6 rings (SSSR count). The molecule has 0 saturated heterocycles. The van der Waals surface area contributed by atoms with E-state index >= 15 is 0 Å². The van der Waals surface area contributed by atoms with Crippen LogP contribution < -0.4 is 5.32 Å². The number of ether oxygens (including phenoxy) is 1. The number of fused-ring (bicyclic) bond motifs is 6. The lowest BCUT2D eigenvalue weighted by Gasteiger charge is -2.17. The van der Waals surface area contributed by atoms with E-state index in [0.717, 1.165) is 38.5 Å². The highest BCUT2D eigenvalue weighted by molar-refractivity contribution is 6.02. The topological polar surface area (TPSA) is 101 Å². The Morgan fingerprint density at radius 2 is 1.49 bits per heavy atom. The maximum atomic E-state index is 12.7. The second kappa shape index (κ2) is 9.35. The molecule has 1 aliphatic carbocycles. The summed E-state index contributed by atoms with van der Waals surface area (Å²) in [6.07, 6.45) is 0.940. The van der Waals surface area contributed by atoms with E-state index < -0.39 is 18.1 Å². The van der Waals surface area contributed by atoms with Gasteiger partial charge in [-0.1, -0.05) is 72.8 Å². The number of carboxylic acids is 1. The molecule has 5 aromatic rings. The lowest BCUT2D eigenvalue weighted by atomic mass is 9.98. The molecule has 1 amide bonds. The number of aromatic nitrogens is 2. The third kappa shape index (κ3) is 4.25. The fourth-order valence-corrected chi connectivity index (χ4v) is 5.07. The SMILES string of the molecule is O=C(NC(Cc1ccc2ccc3cccnc3c2n1)C(=O)O)OCC1c2ccccc2-c2ccccc21. The first-order chi connectivity index (χ1) is 18.1. The number of hydrogen-bond donors (Lipinski definition) is 2. The van der Waals surface area contributed by atoms with Crippen LogP contribution in [0.3, 0.4) is 0 Å². The zero-order chi connectivity index (χ0) is 25.4. The molecule has 0 aliphatic heterocycles. The summed E-state index contributed by atoms with van der Waals surface area (Å²) in [6.45, 7) is 0.109.